The third kappa shape index (κ3) is 4.80. The highest BCUT2D eigenvalue weighted by molar-refractivity contribution is 6.33. The molecule has 2 aromatic rings. The zero-order valence-corrected chi connectivity index (χ0v) is 16.5. The first-order chi connectivity index (χ1) is 12.6. The van der Waals surface area contributed by atoms with E-state index in [1.165, 1.54) is 4.68 Å². The van der Waals surface area contributed by atoms with Crippen LogP contribution in [0.1, 0.15) is 12.8 Å². The quantitative estimate of drug-likeness (QED) is 0.808. The SMILES string of the molecule is Cl.NCCCC(=O)N1CCN(c2cnn(-c3ccccc3)c(=O)c2Cl)CC1. The normalized spacial score (nSPS) is 14.0. The average Bonchev–Trinajstić information content (AvgIpc) is 2.69. The van der Waals surface area contributed by atoms with E-state index in [2.05, 4.69) is 5.10 Å². The minimum Gasteiger partial charge on any atom is -0.365 e. The molecule has 1 amide bonds. The fraction of sp³-hybridized carbons (Fsp3) is 0.389. The van der Waals surface area contributed by atoms with E-state index in [1.54, 1.807) is 18.3 Å². The molecule has 0 radical (unpaired) electrons. The van der Waals surface area contributed by atoms with Gasteiger partial charge < -0.3 is 15.5 Å². The van der Waals surface area contributed by atoms with E-state index < -0.39 is 0 Å². The summed E-state index contributed by atoms with van der Waals surface area (Å²) in [5.74, 6) is 0.124. The molecule has 0 unspecified atom stereocenters. The average molecular weight is 412 g/mol. The summed E-state index contributed by atoms with van der Waals surface area (Å²) in [5, 5.41) is 4.41. The Labute approximate surface area is 169 Å². The van der Waals surface area contributed by atoms with Gasteiger partial charge in [-0.3, -0.25) is 9.59 Å². The van der Waals surface area contributed by atoms with E-state index in [0.29, 0.717) is 56.9 Å². The second-order valence-corrected chi connectivity index (χ2v) is 6.53. The zero-order valence-electron chi connectivity index (χ0n) is 14.9. The lowest BCUT2D eigenvalue weighted by atomic mass is 10.2. The molecule has 146 valence electrons. The molecule has 0 bridgehead atoms. The Hall–Kier alpha value is -2.09. The molecule has 2 heterocycles. The molecule has 1 aromatic heterocycles. The number of hydrogen-bond donors (Lipinski definition) is 1. The molecule has 27 heavy (non-hydrogen) atoms. The molecule has 0 spiro atoms. The molecule has 2 N–H and O–H groups in total. The number of amides is 1. The molecule has 1 fully saturated rings. The summed E-state index contributed by atoms with van der Waals surface area (Å²) in [6.45, 7) is 2.95. The van der Waals surface area contributed by atoms with Gasteiger partial charge in [0, 0.05) is 32.6 Å². The van der Waals surface area contributed by atoms with Gasteiger partial charge in [0.15, 0.2) is 0 Å². The summed E-state index contributed by atoms with van der Waals surface area (Å²) in [7, 11) is 0. The predicted octanol–water partition coefficient (Wildman–Crippen LogP) is 1.70. The number of nitrogens with two attached hydrogens (primary N) is 1. The third-order valence-corrected chi connectivity index (χ3v) is 4.82. The van der Waals surface area contributed by atoms with Crippen LogP contribution in [0, 0.1) is 0 Å². The molecule has 7 nitrogen and oxygen atoms in total. The number of anilines is 1. The molecule has 1 aliphatic heterocycles. The van der Waals surface area contributed by atoms with Gasteiger partial charge in [-0.2, -0.15) is 9.78 Å². The summed E-state index contributed by atoms with van der Waals surface area (Å²) in [6, 6.07) is 9.16. The van der Waals surface area contributed by atoms with E-state index in [9.17, 15) is 9.59 Å². The maximum Gasteiger partial charge on any atom is 0.292 e. The van der Waals surface area contributed by atoms with Gasteiger partial charge >= 0.3 is 0 Å². The number of benzene rings is 1. The number of carbonyl (C=O) groups is 1. The number of halogens is 2. The van der Waals surface area contributed by atoms with Gasteiger partial charge in [0.2, 0.25) is 5.91 Å². The molecule has 0 atom stereocenters. The molecule has 0 saturated carbocycles. The Morgan fingerprint density at radius 1 is 1.15 bits per heavy atom. The van der Waals surface area contributed by atoms with Gasteiger partial charge in [0.25, 0.3) is 5.56 Å². The smallest absolute Gasteiger partial charge is 0.292 e. The lowest BCUT2D eigenvalue weighted by molar-refractivity contribution is -0.131. The maximum atomic E-state index is 12.6. The van der Waals surface area contributed by atoms with E-state index in [4.69, 9.17) is 17.3 Å². The van der Waals surface area contributed by atoms with Crippen molar-refractivity contribution in [1.29, 1.82) is 0 Å². The Bertz CT molecular complexity index is 820. The number of nitrogens with zero attached hydrogens (tertiary/aromatic N) is 4. The first kappa shape index (κ1) is 21.2. The second kappa shape index (κ2) is 9.73. The highest BCUT2D eigenvalue weighted by Gasteiger charge is 2.23. The fourth-order valence-corrected chi connectivity index (χ4v) is 3.25. The largest absolute Gasteiger partial charge is 0.365 e. The Morgan fingerprint density at radius 2 is 1.81 bits per heavy atom. The summed E-state index contributed by atoms with van der Waals surface area (Å²) in [4.78, 5) is 28.5. The van der Waals surface area contributed by atoms with Gasteiger partial charge in [0.1, 0.15) is 5.02 Å². The van der Waals surface area contributed by atoms with Crippen molar-refractivity contribution in [3.05, 3.63) is 51.9 Å². The number of para-hydroxylation sites is 1. The van der Waals surface area contributed by atoms with E-state index in [1.807, 2.05) is 28.0 Å². The number of aromatic nitrogens is 2. The van der Waals surface area contributed by atoms with Crippen LogP contribution < -0.4 is 16.2 Å². The van der Waals surface area contributed by atoms with Gasteiger partial charge in [-0.25, -0.2) is 0 Å². The molecular formula is C18H23Cl2N5O2. The second-order valence-electron chi connectivity index (χ2n) is 6.16. The Kier molecular flexibility index (Phi) is 7.65. The summed E-state index contributed by atoms with van der Waals surface area (Å²) in [6.07, 6.45) is 2.79. The monoisotopic (exact) mass is 411 g/mol. The van der Waals surface area contributed by atoms with Gasteiger partial charge in [-0.1, -0.05) is 29.8 Å². The predicted molar refractivity (Wildman–Crippen MR) is 109 cm³/mol. The van der Waals surface area contributed by atoms with Crippen molar-refractivity contribution in [1.82, 2.24) is 14.7 Å². The Morgan fingerprint density at radius 3 is 2.44 bits per heavy atom. The highest BCUT2D eigenvalue weighted by Crippen LogP contribution is 2.23. The van der Waals surface area contributed by atoms with Gasteiger partial charge in [0.05, 0.1) is 17.6 Å². The van der Waals surface area contributed by atoms with Crippen LogP contribution >= 0.6 is 24.0 Å². The minimum absolute atomic E-state index is 0. The van der Waals surface area contributed by atoms with Crippen LogP contribution in [0.5, 0.6) is 0 Å². The van der Waals surface area contributed by atoms with Crippen LogP contribution in [0.4, 0.5) is 5.69 Å². The standard InChI is InChI=1S/C18H22ClN5O2.ClH/c19-17-15(13-21-24(18(17)26)14-5-2-1-3-6-14)22-9-11-23(12-10-22)16(25)7-4-8-20;/h1-3,5-6,13H,4,7-12,20H2;1H. The lowest BCUT2D eigenvalue weighted by Gasteiger charge is -2.36. The van der Waals surface area contributed by atoms with Crippen LogP contribution in [-0.4, -0.2) is 53.3 Å². The Balaban J connectivity index is 0.00000261. The van der Waals surface area contributed by atoms with Crippen LogP contribution in [-0.2, 0) is 4.79 Å². The van der Waals surface area contributed by atoms with E-state index in [-0.39, 0.29) is 28.9 Å². The number of hydrogen-bond acceptors (Lipinski definition) is 5. The van der Waals surface area contributed by atoms with Crippen molar-refractivity contribution in [3.8, 4) is 5.69 Å². The van der Waals surface area contributed by atoms with Crippen molar-refractivity contribution < 1.29 is 4.79 Å². The maximum absolute atomic E-state index is 12.6. The van der Waals surface area contributed by atoms with Crippen molar-refractivity contribution in [3.63, 3.8) is 0 Å². The third-order valence-electron chi connectivity index (χ3n) is 4.47. The summed E-state index contributed by atoms with van der Waals surface area (Å²) in [5.41, 5.74) is 6.38. The van der Waals surface area contributed by atoms with Crippen LogP contribution in [0.3, 0.4) is 0 Å². The molecule has 1 aliphatic rings. The van der Waals surface area contributed by atoms with E-state index in [0.717, 1.165) is 0 Å². The molecule has 3 rings (SSSR count). The van der Waals surface area contributed by atoms with Crippen LogP contribution in [0.25, 0.3) is 5.69 Å². The number of rotatable bonds is 5. The summed E-state index contributed by atoms with van der Waals surface area (Å²) < 4.78 is 1.29. The van der Waals surface area contributed by atoms with Crippen molar-refractivity contribution >= 4 is 35.6 Å². The van der Waals surface area contributed by atoms with Crippen molar-refractivity contribution in [2.24, 2.45) is 5.73 Å². The zero-order chi connectivity index (χ0) is 18.5. The van der Waals surface area contributed by atoms with E-state index >= 15 is 0 Å². The van der Waals surface area contributed by atoms with Gasteiger partial charge in [-0.15, -0.1) is 12.4 Å². The van der Waals surface area contributed by atoms with Crippen LogP contribution in [0.2, 0.25) is 5.02 Å². The number of piperazine rings is 1. The van der Waals surface area contributed by atoms with Crippen molar-refractivity contribution in [2.45, 2.75) is 12.8 Å². The molecule has 9 heteroatoms. The molecular weight excluding hydrogens is 389 g/mol. The van der Waals surface area contributed by atoms with Crippen molar-refractivity contribution in [2.75, 3.05) is 37.6 Å². The fourth-order valence-electron chi connectivity index (χ4n) is 3.01. The highest BCUT2D eigenvalue weighted by atomic mass is 35.5. The minimum atomic E-state index is -0.350. The first-order valence-electron chi connectivity index (χ1n) is 8.68. The lowest BCUT2D eigenvalue weighted by Crippen LogP contribution is -2.49. The number of carbonyl (C=O) groups excluding carboxylic acids is 1. The molecule has 1 saturated heterocycles. The molecule has 1 aromatic carbocycles. The summed E-state index contributed by atoms with van der Waals surface area (Å²) >= 11 is 6.34. The topological polar surface area (TPSA) is 84.5 Å². The van der Waals surface area contributed by atoms with Crippen LogP contribution in [0.15, 0.2) is 41.3 Å². The first-order valence-corrected chi connectivity index (χ1v) is 9.05. The molecule has 0 aliphatic carbocycles. The van der Waals surface area contributed by atoms with Gasteiger partial charge in [-0.05, 0) is 25.1 Å².